The van der Waals surface area contributed by atoms with Gasteiger partial charge in [-0.1, -0.05) is 33.6 Å². The summed E-state index contributed by atoms with van der Waals surface area (Å²) in [5, 5.41) is 3.14. The van der Waals surface area contributed by atoms with Crippen molar-refractivity contribution < 1.29 is 13.2 Å². The molecule has 0 unspecified atom stereocenters. The van der Waals surface area contributed by atoms with Gasteiger partial charge in [0.25, 0.3) is 0 Å². The molecule has 114 valence electrons. The van der Waals surface area contributed by atoms with Gasteiger partial charge in [-0.05, 0) is 43.3 Å². The summed E-state index contributed by atoms with van der Waals surface area (Å²) in [4.78, 5) is 11.1. The number of sulfone groups is 1. The van der Waals surface area contributed by atoms with Crippen molar-refractivity contribution in [2.45, 2.75) is 11.8 Å². The second kappa shape index (κ2) is 6.85. The topological polar surface area (TPSA) is 75.6 Å². The van der Waals surface area contributed by atoms with Crippen LogP contribution in [-0.4, -0.2) is 19.7 Å². The molecule has 22 heavy (non-hydrogen) atoms. The van der Waals surface area contributed by atoms with E-state index in [0.717, 1.165) is 10.0 Å². The largest absolute Gasteiger partial charge is 0.295 e. The van der Waals surface area contributed by atoms with Gasteiger partial charge in [0.1, 0.15) is 0 Å². The van der Waals surface area contributed by atoms with Gasteiger partial charge in [-0.25, -0.2) is 8.42 Å². The summed E-state index contributed by atoms with van der Waals surface area (Å²) >= 11 is 3.29. The number of hydrogen-bond acceptors (Lipinski definition) is 5. The quantitative estimate of drug-likeness (QED) is 0.382. The average Bonchev–Trinajstić information content (AvgIpc) is 2.50. The van der Waals surface area contributed by atoms with E-state index in [-0.39, 0.29) is 11.2 Å². The van der Waals surface area contributed by atoms with Gasteiger partial charge in [-0.15, -0.1) is 0 Å². The zero-order chi connectivity index (χ0) is 16.2. The zero-order valence-electron chi connectivity index (χ0n) is 11.7. The Morgan fingerprint density at radius 2 is 1.68 bits per heavy atom. The number of halogens is 1. The van der Waals surface area contributed by atoms with Crippen LogP contribution in [0.2, 0.25) is 0 Å². The normalized spacial score (nSPS) is 12.0. The lowest BCUT2D eigenvalue weighted by Crippen LogP contribution is -2.18. The highest BCUT2D eigenvalue weighted by Gasteiger charge is 2.22. The SMILES string of the molecule is Cc1ccc(S(=O)(=O)/C(C=O)=N\Nc2ccc(Br)cc2)cc1. The van der Waals surface area contributed by atoms with Crippen molar-refractivity contribution in [2.24, 2.45) is 5.10 Å². The third-order valence-corrected chi connectivity index (χ3v) is 5.01. The molecule has 0 fully saturated rings. The molecule has 0 amide bonds. The maximum atomic E-state index is 12.3. The van der Waals surface area contributed by atoms with Crippen LogP contribution in [0.4, 0.5) is 5.69 Å². The number of nitrogens with one attached hydrogen (secondary N) is 1. The minimum atomic E-state index is -3.94. The maximum absolute atomic E-state index is 12.3. The van der Waals surface area contributed by atoms with Crippen LogP contribution < -0.4 is 5.43 Å². The Bertz CT molecular complexity index is 798. The molecular weight excluding hydrogens is 368 g/mol. The molecule has 2 rings (SSSR count). The Kier molecular flexibility index (Phi) is 5.10. The number of carbonyl (C=O) groups is 1. The summed E-state index contributed by atoms with van der Waals surface area (Å²) in [7, 11) is -3.94. The average molecular weight is 381 g/mol. The fourth-order valence-electron chi connectivity index (χ4n) is 1.63. The second-order valence-corrected chi connectivity index (χ2v) is 7.32. The minimum Gasteiger partial charge on any atom is -0.295 e. The lowest BCUT2D eigenvalue weighted by molar-refractivity contribution is -0.102. The van der Waals surface area contributed by atoms with Crippen molar-refractivity contribution in [3.63, 3.8) is 0 Å². The lowest BCUT2D eigenvalue weighted by atomic mass is 10.2. The molecule has 1 N–H and O–H groups in total. The smallest absolute Gasteiger partial charge is 0.228 e. The van der Waals surface area contributed by atoms with Crippen LogP contribution >= 0.6 is 15.9 Å². The number of rotatable bonds is 4. The number of nitrogens with zero attached hydrogens (tertiary/aromatic N) is 1. The summed E-state index contributed by atoms with van der Waals surface area (Å²) in [5.74, 6) is 0. The highest BCUT2D eigenvalue weighted by atomic mass is 79.9. The number of benzene rings is 2. The van der Waals surface area contributed by atoms with E-state index in [9.17, 15) is 13.2 Å². The summed E-state index contributed by atoms with van der Waals surface area (Å²) < 4.78 is 25.6. The molecule has 0 saturated carbocycles. The van der Waals surface area contributed by atoms with E-state index >= 15 is 0 Å². The molecule has 0 saturated heterocycles. The van der Waals surface area contributed by atoms with Crippen LogP contribution in [0.5, 0.6) is 0 Å². The van der Waals surface area contributed by atoms with Crippen LogP contribution in [0.1, 0.15) is 5.56 Å². The van der Waals surface area contributed by atoms with Gasteiger partial charge in [0.05, 0.1) is 10.6 Å². The maximum Gasteiger partial charge on any atom is 0.228 e. The van der Waals surface area contributed by atoms with Gasteiger partial charge < -0.3 is 0 Å². The Labute approximate surface area is 137 Å². The van der Waals surface area contributed by atoms with E-state index in [1.807, 2.05) is 6.92 Å². The van der Waals surface area contributed by atoms with Gasteiger partial charge in [-0.3, -0.25) is 10.2 Å². The first-order valence-electron chi connectivity index (χ1n) is 6.29. The molecule has 2 aromatic rings. The predicted molar refractivity (Wildman–Crippen MR) is 89.6 cm³/mol. The molecule has 0 spiro atoms. The fourth-order valence-corrected chi connectivity index (χ4v) is 2.92. The summed E-state index contributed by atoms with van der Waals surface area (Å²) in [6.45, 7) is 1.85. The molecule has 0 aliphatic heterocycles. The molecule has 0 heterocycles. The first-order valence-corrected chi connectivity index (χ1v) is 8.57. The third kappa shape index (κ3) is 3.80. The van der Waals surface area contributed by atoms with Crippen molar-refractivity contribution in [2.75, 3.05) is 5.43 Å². The van der Waals surface area contributed by atoms with Gasteiger partial charge >= 0.3 is 0 Å². The van der Waals surface area contributed by atoms with Gasteiger partial charge in [-0.2, -0.15) is 5.10 Å². The first-order chi connectivity index (χ1) is 10.4. The highest BCUT2D eigenvalue weighted by molar-refractivity contribution is 9.10. The molecule has 5 nitrogen and oxygen atoms in total. The Morgan fingerprint density at radius 3 is 2.23 bits per heavy atom. The first kappa shape index (κ1) is 16.4. The van der Waals surface area contributed by atoms with Crippen LogP contribution in [0.15, 0.2) is 63.0 Å². The van der Waals surface area contributed by atoms with Crippen LogP contribution in [0.25, 0.3) is 0 Å². The Hall–Kier alpha value is -1.99. The van der Waals surface area contributed by atoms with Crippen molar-refractivity contribution in [3.05, 3.63) is 58.6 Å². The molecule has 0 aromatic heterocycles. The molecule has 7 heteroatoms. The predicted octanol–water partition coefficient (Wildman–Crippen LogP) is 3.16. The number of aryl methyl sites for hydroxylation is 1. The number of hydrogen-bond donors (Lipinski definition) is 1. The molecule has 0 aliphatic carbocycles. The molecule has 0 atom stereocenters. The number of aldehydes is 1. The number of carbonyl (C=O) groups excluding carboxylic acids is 1. The van der Waals surface area contributed by atoms with Crippen molar-refractivity contribution in [1.29, 1.82) is 0 Å². The van der Waals surface area contributed by atoms with Gasteiger partial charge in [0, 0.05) is 4.47 Å². The number of hydrazone groups is 1. The minimum absolute atomic E-state index is 0.0292. The molecule has 2 aromatic carbocycles. The number of anilines is 1. The van der Waals surface area contributed by atoms with Crippen molar-refractivity contribution in [1.82, 2.24) is 0 Å². The molecule has 0 aliphatic rings. The lowest BCUT2D eigenvalue weighted by Gasteiger charge is -2.05. The standard InChI is InChI=1S/C15H13BrN2O3S/c1-11-2-8-14(9-3-11)22(20,21)15(10-19)18-17-13-6-4-12(16)5-7-13/h2-10,17H,1H3/b18-15-. The zero-order valence-corrected chi connectivity index (χ0v) is 14.1. The summed E-state index contributed by atoms with van der Waals surface area (Å²) in [6.07, 6.45) is 0.223. The Morgan fingerprint density at radius 1 is 1.09 bits per heavy atom. The highest BCUT2D eigenvalue weighted by Crippen LogP contribution is 2.16. The molecular formula is C15H13BrN2O3S. The van der Waals surface area contributed by atoms with Crippen LogP contribution in [-0.2, 0) is 14.6 Å². The summed E-state index contributed by atoms with van der Waals surface area (Å²) in [6, 6.07) is 13.2. The van der Waals surface area contributed by atoms with E-state index in [1.54, 1.807) is 36.4 Å². The summed E-state index contributed by atoms with van der Waals surface area (Å²) in [5.41, 5.74) is 4.07. The molecule has 0 bridgehead atoms. The van der Waals surface area contributed by atoms with Crippen LogP contribution in [0.3, 0.4) is 0 Å². The van der Waals surface area contributed by atoms with Gasteiger partial charge in [0.2, 0.25) is 14.9 Å². The fraction of sp³-hybridized carbons (Fsp3) is 0.0667. The monoisotopic (exact) mass is 380 g/mol. The van der Waals surface area contributed by atoms with E-state index < -0.39 is 14.9 Å². The second-order valence-electron chi connectivity index (χ2n) is 4.50. The van der Waals surface area contributed by atoms with E-state index in [2.05, 4.69) is 26.5 Å². The van der Waals surface area contributed by atoms with E-state index in [1.165, 1.54) is 12.1 Å². The van der Waals surface area contributed by atoms with Crippen LogP contribution in [0, 0.1) is 6.92 Å². The van der Waals surface area contributed by atoms with Crippen molar-refractivity contribution in [3.8, 4) is 0 Å². The third-order valence-electron chi connectivity index (χ3n) is 2.85. The van der Waals surface area contributed by atoms with E-state index in [4.69, 9.17) is 0 Å². The van der Waals surface area contributed by atoms with E-state index in [0.29, 0.717) is 5.69 Å². The van der Waals surface area contributed by atoms with Crippen molar-refractivity contribution >= 4 is 42.8 Å². The Balaban J connectivity index is 2.29. The molecule has 0 radical (unpaired) electrons. The van der Waals surface area contributed by atoms with Gasteiger partial charge in [0.15, 0.2) is 6.29 Å².